The van der Waals surface area contributed by atoms with Gasteiger partial charge in [0, 0.05) is 23.8 Å². The maximum absolute atomic E-state index is 12.6. The molecule has 3 aromatic rings. The highest BCUT2D eigenvalue weighted by atomic mass is 16.2. The molecule has 1 aromatic heterocycles. The van der Waals surface area contributed by atoms with Crippen LogP contribution in [0.1, 0.15) is 43.0 Å². The number of amides is 2. The average molecular weight is 373 g/mol. The summed E-state index contributed by atoms with van der Waals surface area (Å²) in [6.45, 7) is 7.91. The van der Waals surface area contributed by atoms with Crippen molar-refractivity contribution in [2.75, 3.05) is 10.6 Å². The molecule has 0 aliphatic rings. The van der Waals surface area contributed by atoms with Gasteiger partial charge in [-0.3, -0.25) is 14.6 Å². The number of carbonyl (C=O) groups excluding carboxylic acids is 2. The van der Waals surface area contributed by atoms with E-state index in [9.17, 15) is 9.59 Å². The number of nitrogens with zero attached hydrogens (tertiary/aromatic N) is 1. The first-order valence-electron chi connectivity index (χ1n) is 9.06. The van der Waals surface area contributed by atoms with Crippen LogP contribution in [0, 0.1) is 27.7 Å². The third kappa shape index (κ3) is 4.43. The van der Waals surface area contributed by atoms with E-state index in [4.69, 9.17) is 0 Å². The van der Waals surface area contributed by atoms with Crippen LogP contribution in [0.5, 0.6) is 0 Å². The first-order valence-corrected chi connectivity index (χ1v) is 9.06. The van der Waals surface area contributed by atoms with Crippen LogP contribution < -0.4 is 10.6 Å². The van der Waals surface area contributed by atoms with Crippen LogP contribution in [0.4, 0.5) is 11.4 Å². The minimum absolute atomic E-state index is 0.304. The number of hydrogen-bond donors (Lipinski definition) is 2. The van der Waals surface area contributed by atoms with Crippen LogP contribution in [-0.2, 0) is 0 Å². The van der Waals surface area contributed by atoms with Crippen molar-refractivity contribution in [1.29, 1.82) is 0 Å². The Morgan fingerprint density at radius 1 is 0.714 bits per heavy atom. The minimum Gasteiger partial charge on any atom is -0.322 e. The molecule has 2 N–H and O–H groups in total. The van der Waals surface area contributed by atoms with Crippen molar-refractivity contribution in [1.82, 2.24) is 4.98 Å². The first kappa shape index (κ1) is 19.3. The van der Waals surface area contributed by atoms with Gasteiger partial charge in [-0.15, -0.1) is 0 Å². The number of carbonyl (C=O) groups is 2. The maximum atomic E-state index is 12.6. The number of rotatable bonds is 4. The zero-order valence-electron chi connectivity index (χ0n) is 16.5. The van der Waals surface area contributed by atoms with E-state index < -0.39 is 0 Å². The Balaban J connectivity index is 1.77. The largest absolute Gasteiger partial charge is 0.322 e. The van der Waals surface area contributed by atoms with Crippen molar-refractivity contribution in [2.24, 2.45) is 0 Å². The Kier molecular flexibility index (Phi) is 5.54. The van der Waals surface area contributed by atoms with Gasteiger partial charge in [0.05, 0.1) is 11.1 Å². The molecule has 0 saturated carbocycles. The summed E-state index contributed by atoms with van der Waals surface area (Å²) in [4.78, 5) is 29.2. The molecule has 0 saturated heterocycles. The van der Waals surface area contributed by atoms with Crippen molar-refractivity contribution in [3.63, 3.8) is 0 Å². The molecule has 3 rings (SSSR count). The smallest absolute Gasteiger partial charge is 0.257 e. The van der Waals surface area contributed by atoms with Crippen molar-refractivity contribution < 1.29 is 9.59 Å². The highest BCUT2D eigenvalue weighted by Crippen LogP contribution is 2.18. The molecular weight excluding hydrogens is 350 g/mol. The van der Waals surface area contributed by atoms with Crippen LogP contribution in [0.15, 0.2) is 54.9 Å². The van der Waals surface area contributed by atoms with Crippen molar-refractivity contribution in [2.45, 2.75) is 27.7 Å². The lowest BCUT2D eigenvalue weighted by molar-refractivity contribution is 0.102. The van der Waals surface area contributed by atoms with E-state index in [-0.39, 0.29) is 11.8 Å². The number of hydrogen-bond acceptors (Lipinski definition) is 3. The maximum Gasteiger partial charge on any atom is 0.257 e. The Labute approximate surface area is 164 Å². The van der Waals surface area contributed by atoms with Crippen molar-refractivity contribution in [3.05, 3.63) is 88.2 Å². The van der Waals surface area contributed by atoms with Gasteiger partial charge in [0.15, 0.2) is 0 Å². The summed E-state index contributed by atoms with van der Waals surface area (Å²) in [7, 11) is 0. The Bertz CT molecular complexity index is 1060. The fraction of sp³-hybridized carbons (Fsp3) is 0.174. The number of benzene rings is 2. The second-order valence-electron chi connectivity index (χ2n) is 6.99. The third-order valence-corrected chi connectivity index (χ3v) is 4.67. The molecular formula is C23H23N3O2. The van der Waals surface area contributed by atoms with E-state index in [1.807, 2.05) is 64.1 Å². The van der Waals surface area contributed by atoms with Gasteiger partial charge in [0.25, 0.3) is 11.8 Å². The standard InChI is InChI=1S/C23H23N3O2/c1-14-5-6-16(3)21(9-14)26-23(28)19-11-18(12-24-13-19)22(27)25-20-8-7-15(2)17(4)10-20/h5-13H,1-4H3,(H,25,27)(H,26,28). The summed E-state index contributed by atoms with van der Waals surface area (Å²) in [5.74, 6) is -0.612. The topological polar surface area (TPSA) is 71.1 Å². The van der Waals surface area contributed by atoms with Gasteiger partial charge in [-0.25, -0.2) is 0 Å². The number of anilines is 2. The Morgan fingerprint density at radius 3 is 2.04 bits per heavy atom. The lowest BCUT2D eigenvalue weighted by Crippen LogP contribution is -2.16. The van der Waals surface area contributed by atoms with Gasteiger partial charge in [0.1, 0.15) is 0 Å². The molecule has 2 aromatic carbocycles. The van der Waals surface area contributed by atoms with Gasteiger partial charge in [-0.2, -0.15) is 0 Å². The van der Waals surface area contributed by atoms with Gasteiger partial charge < -0.3 is 10.6 Å². The molecule has 1 heterocycles. The quantitative estimate of drug-likeness (QED) is 0.689. The summed E-state index contributed by atoms with van der Waals surface area (Å²) in [5.41, 5.74) is 6.38. The van der Waals surface area contributed by atoms with Crippen molar-refractivity contribution in [3.8, 4) is 0 Å². The predicted octanol–water partition coefficient (Wildman–Crippen LogP) is 4.82. The van der Waals surface area contributed by atoms with Crippen LogP contribution in [-0.4, -0.2) is 16.8 Å². The van der Waals surface area contributed by atoms with E-state index >= 15 is 0 Å². The molecule has 0 aliphatic heterocycles. The van der Waals surface area contributed by atoms with E-state index in [0.717, 1.165) is 27.9 Å². The highest BCUT2D eigenvalue weighted by molar-refractivity contribution is 6.08. The SMILES string of the molecule is Cc1ccc(C)c(NC(=O)c2cncc(C(=O)Nc3ccc(C)c(C)c3)c2)c1. The van der Waals surface area contributed by atoms with Gasteiger partial charge in [-0.1, -0.05) is 18.2 Å². The monoisotopic (exact) mass is 373 g/mol. The molecule has 0 spiro atoms. The normalized spacial score (nSPS) is 10.4. The first-order chi connectivity index (χ1) is 13.3. The fourth-order valence-electron chi connectivity index (χ4n) is 2.78. The molecule has 0 unspecified atom stereocenters. The number of aryl methyl sites for hydroxylation is 4. The molecule has 5 nitrogen and oxygen atoms in total. The summed E-state index contributed by atoms with van der Waals surface area (Å²) in [6.07, 6.45) is 2.90. The second-order valence-corrected chi connectivity index (χ2v) is 6.99. The van der Waals surface area contributed by atoms with Gasteiger partial charge >= 0.3 is 0 Å². The highest BCUT2D eigenvalue weighted by Gasteiger charge is 2.13. The van der Waals surface area contributed by atoms with Gasteiger partial charge in [-0.05, 0) is 74.2 Å². The summed E-state index contributed by atoms with van der Waals surface area (Å²) < 4.78 is 0. The van der Waals surface area contributed by atoms with Crippen molar-refractivity contribution >= 4 is 23.2 Å². The molecule has 0 bridgehead atoms. The lowest BCUT2D eigenvalue weighted by Gasteiger charge is -2.10. The average Bonchev–Trinajstić information content (AvgIpc) is 2.67. The summed E-state index contributed by atoms with van der Waals surface area (Å²) in [5, 5.41) is 5.73. The lowest BCUT2D eigenvalue weighted by atomic mass is 10.1. The van der Waals surface area contributed by atoms with Crippen LogP contribution >= 0.6 is 0 Å². The molecule has 0 aliphatic carbocycles. The molecule has 0 atom stereocenters. The van der Waals surface area contributed by atoms with Gasteiger partial charge in [0.2, 0.25) is 0 Å². The number of nitrogens with one attached hydrogen (secondary N) is 2. The second kappa shape index (κ2) is 8.05. The zero-order valence-corrected chi connectivity index (χ0v) is 16.5. The molecule has 5 heteroatoms. The minimum atomic E-state index is -0.308. The number of pyridine rings is 1. The molecule has 0 radical (unpaired) electrons. The number of aromatic nitrogens is 1. The zero-order chi connectivity index (χ0) is 20.3. The Morgan fingerprint density at radius 2 is 1.36 bits per heavy atom. The summed E-state index contributed by atoms with van der Waals surface area (Å²) in [6, 6.07) is 13.1. The summed E-state index contributed by atoms with van der Waals surface area (Å²) >= 11 is 0. The molecule has 28 heavy (non-hydrogen) atoms. The third-order valence-electron chi connectivity index (χ3n) is 4.67. The molecule has 0 fully saturated rings. The van der Waals surface area contributed by atoms with E-state index in [1.165, 1.54) is 12.4 Å². The molecule has 2 amide bonds. The van der Waals surface area contributed by atoms with E-state index in [2.05, 4.69) is 15.6 Å². The molecule has 142 valence electrons. The van der Waals surface area contributed by atoms with E-state index in [1.54, 1.807) is 6.07 Å². The van der Waals surface area contributed by atoms with Crippen LogP contribution in [0.3, 0.4) is 0 Å². The predicted molar refractivity (Wildman–Crippen MR) is 112 cm³/mol. The Hall–Kier alpha value is -3.47. The van der Waals surface area contributed by atoms with Crippen LogP contribution in [0.2, 0.25) is 0 Å². The van der Waals surface area contributed by atoms with E-state index in [0.29, 0.717) is 16.8 Å². The van der Waals surface area contributed by atoms with Crippen LogP contribution in [0.25, 0.3) is 0 Å². The fourth-order valence-corrected chi connectivity index (χ4v) is 2.78.